The lowest BCUT2D eigenvalue weighted by molar-refractivity contribution is 0.474. The van der Waals surface area contributed by atoms with E-state index in [1.807, 2.05) is 6.07 Å². The first kappa shape index (κ1) is 10.7. The van der Waals surface area contributed by atoms with Gasteiger partial charge in [-0.05, 0) is 52.6 Å². The van der Waals surface area contributed by atoms with Crippen molar-refractivity contribution in [2.24, 2.45) is 0 Å². The molecular formula is C10H7IN2OS. The highest BCUT2D eigenvalue weighted by atomic mass is 127. The first-order valence-electron chi connectivity index (χ1n) is 4.18. The molecular weight excluding hydrogens is 323 g/mol. The fourth-order valence-corrected chi connectivity index (χ4v) is 2.03. The van der Waals surface area contributed by atoms with E-state index in [0.717, 1.165) is 8.47 Å². The van der Waals surface area contributed by atoms with Crippen molar-refractivity contribution in [3.63, 3.8) is 0 Å². The summed E-state index contributed by atoms with van der Waals surface area (Å²) in [6.45, 7) is 0. The number of aromatic nitrogens is 2. The quantitative estimate of drug-likeness (QED) is 0.679. The number of phenols is 1. The molecule has 1 aromatic heterocycles. The number of aromatic hydroxyl groups is 1. The van der Waals surface area contributed by atoms with Crippen LogP contribution in [0.15, 0.2) is 46.7 Å². The summed E-state index contributed by atoms with van der Waals surface area (Å²) in [6, 6.07) is 7.03. The van der Waals surface area contributed by atoms with Gasteiger partial charge in [-0.3, -0.25) is 0 Å². The molecule has 0 radical (unpaired) electrons. The van der Waals surface area contributed by atoms with Crippen molar-refractivity contribution < 1.29 is 5.11 Å². The van der Waals surface area contributed by atoms with E-state index < -0.39 is 0 Å². The van der Waals surface area contributed by atoms with Gasteiger partial charge in [0.15, 0.2) is 5.16 Å². The molecule has 1 heterocycles. The van der Waals surface area contributed by atoms with E-state index in [0.29, 0.717) is 5.16 Å². The van der Waals surface area contributed by atoms with Gasteiger partial charge < -0.3 is 5.11 Å². The van der Waals surface area contributed by atoms with Crippen LogP contribution in [0.5, 0.6) is 5.75 Å². The molecule has 0 aliphatic carbocycles. The van der Waals surface area contributed by atoms with Gasteiger partial charge in [0.05, 0.1) is 0 Å². The predicted octanol–water partition coefficient (Wildman–Crippen LogP) is 2.94. The number of halogens is 1. The Balaban J connectivity index is 2.18. The second-order valence-electron chi connectivity index (χ2n) is 2.78. The first-order valence-corrected chi connectivity index (χ1v) is 6.08. The zero-order chi connectivity index (χ0) is 10.7. The highest BCUT2D eigenvalue weighted by Gasteiger charge is 2.00. The van der Waals surface area contributed by atoms with Gasteiger partial charge in [-0.15, -0.1) is 0 Å². The summed E-state index contributed by atoms with van der Waals surface area (Å²) in [5.41, 5.74) is 0. The van der Waals surface area contributed by atoms with Gasteiger partial charge in [0.1, 0.15) is 5.75 Å². The maximum Gasteiger partial charge on any atom is 0.192 e. The normalized spacial score (nSPS) is 10.2. The third-order valence-electron chi connectivity index (χ3n) is 1.62. The van der Waals surface area contributed by atoms with Crippen molar-refractivity contribution in [3.05, 3.63) is 40.2 Å². The van der Waals surface area contributed by atoms with Gasteiger partial charge in [-0.1, -0.05) is 6.07 Å². The van der Waals surface area contributed by atoms with Gasteiger partial charge in [-0.25, -0.2) is 9.97 Å². The largest absolute Gasteiger partial charge is 0.508 e. The second kappa shape index (κ2) is 4.80. The third-order valence-corrected chi connectivity index (χ3v) is 3.06. The van der Waals surface area contributed by atoms with Crippen molar-refractivity contribution >= 4 is 34.4 Å². The number of phenolic OH excluding ortho intramolecular Hbond substituents is 1. The second-order valence-corrected chi connectivity index (χ2v) is 5.07. The Labute approximate surface area is 105 Å². The van der Waals surface area contributed by atoms with Crippen molar-refractivity contribution in [1.82, 2.24) is 9.97 Å². The molecule has 3 nitrogen and oxygen atoms in total. The molecule has 0 aliphatic rings. The summed E-state index contributed by atoms with van der Waals surface area (Å²) in [5, 5.41) is 9.96. The Kier molecular flexibility index (Phi) is 3.42. The monoisotopic (exact) mass is 330 g/mol. The van der Waals surface area contributed by atoms with E-state index in [2.05, 4.69) is 32.6 Å². The molecule has 15 heavy (non-hydrogen) atoms. The van der Waals surface area contributed by atoms with Gasteiger partial charge in [0.2, 0.25) is 0 Å². The molecule has 0 atom stereocenters. The van der Waals surface area contributed by atoms with Crippen molar-refractivity contribution in [2.45, 2.75) is 10.1 Å². The third kappa shape index (κ3) is 3.07. The van der Waals surface area contributed by atoms with E-state index in [9.17, 15) is 5.11 Å². The van der Waals surface area contributed by atoms with E-state index in [1.165, 1.54) is 11.8 Å². The lowest BCUT2D eigenvalue weighted by Gasteiger charge is -2.00. The van der Waals surface area contributed by atoms with Gasteiger partial charge in [-0.2, -0.15) is 0 Å². The van der Waals surface area contributed by atoms with E-state index in [1.54, 1.807) is 30.6 Å². The highest BCUT2D eigenvalue weighted by molar-refractivity contribution is 14.1. The van der Waals surface area contributed by atoms with Gasteiger partial charge in [0.25, 0.3) is 0 Å². The Hall–Kier alpha value is -0.820. The zero-order valence-electron chi connectivity index (χ0n) is 7.59. The fourth-order valence-electron chi connectivity index (χ4n) is 1.01. The average molecular weight is 330 g/mol. The summed E-state index contributed by atoms with van der Waals surface area (Å²) in [4.78, 5) is 9.26. The molecule has 1 aromatic carbocycles. The number of rotatable bonds is 2. The number of hydrogen-bond acceptors (Lipinski definition) is 4. The molecule has 1 N–H and O–H groups in total. The molecule has 2 rings (SSSR count). The van der Waals surface area contributed by atoms with Crippen LogP contribution < -0.4 is 0 Å². The molecule has 0 spiro atoms. The molecule has 5 heteroatoms. The predicted molar refractivity (Wildman–Crippen MR) is 67.0 cm³/mol. The molecule has 0 amide bonds. The Morgan fingerprint density at radius 3 is 2.60 bits per heavy atom. The van der Waals surface area contributed by atoms with Crippen LogP contribution >= 0.6 is 34.4 Å². The minimum absolute atomic E-state index is 0.255. The van der Waals surface area contributed by atoms with Crippen LogP contribution in [0, 0.1) is 3.57 Å². The van der Waals surface area contributed by atoms with Crippen LogP contribution in [0.3, 0.4) is 0 Å². The van der Waals surface area contributed by atoms with Crippen LogP contribution in [-0.2, 0) is 0 Å². The minimum atomic E-state index is 0.255. The molecule has 0 bridgehead atoms. The van der Waals surface area contributed by atoms with E-state index >= 15 is 0 Å². The van der Waals surface area contributed by atoms with Crippen molar-refractivity contribution in [1.29, 1.82) is 0 Å². The van der Waals surface area contributed by atoms with Crippen molar-refractivity contribution in [3.8, 4) is 5.75 Å². The number of hydrogen-bond donors (Lipinski definition) is 1. The van der Waals surface area contributed by atoms with Crippen LogP contribution in [0.2, 0.25) is 0 Å². The topological polar surface area (TPSA) is 46.0 Å². The smallest absolute Gasteiger partial charge is 0.192 e. The number of nitrogens with zero attached hydrogens (tertiary/aromatic N) is 2. The lowest BCUT2D eigenvalue weighted by Crippen LogP contribution is -1.85. The summed E-state index contributed by atoms with van der Waals surface area (Å²) in [5.74, 6) is 0.255. The average Bonchev–Trinajstić information content (AvgIpc) is 2.22. The standard InChI is InChI=1S/C10H7IN2OS/c11-7-5-12-10(13-6-7)15-9-3-1-2-8(14)4-9/h1-6,14H. The molecule has 0 fully saturated rings. The first-order chi connectivity index (χ1) is 7.24. The SMILES string of the molecule is Oc1cccc(Sc2ncc(I)cn2)c1. The molecule has 2 aromatic rings. The Bertz CT molecular complexity index is 461. The Morgan fingerprint density at radius 1 is 1.20 bits per heavy atom. The molecule has 76 valence electrons. The summed E-state index contributed by atoms with van der Waals surface area (Å²) < 4.78 is 1.01. The van der Waals surface area contributed by atoms with E-state index in [4.69, 9.17) is 0 Å². The number of benzene rings is 1. The lowest BCUT2D eigenvalue weighted by atomic mass is 10.3. The molecule has 0 unspecified atom stereocenters. The summed E-state index contributed by atoms with van der Waals surface area (Å²) in [6.07, 6.45) is 3.53. The van der Waals surface area contributed by atoms with Crippen LogP contribution in [-0.4, -0.2) is 15.1 Å². The van der Waals surface area contributed by atoms with Crippen molar-refractivity contribution in [2.75, 3.05) is 0 Å². The van der Waals surface area contributed by atoms with Gasteiger partial charge in [0, 0.05) is 20.9 Å². The maximum absolute atomic E-state index is 9.28. The van der Waals surface area contributed by atoms with Crippen LogP contribution in [0.4, 0.5) is 0 Å². The molecule has 0 saturated carbocycles. The van der Waals surface area contributed by atoms with Crippen LogP contribution in [0.1, 0.15) is 0 Å². The van der Waals surface area contributed by atoms with Gasteiger partial charge >= 0.3 is 0 Å². The Morgan fingerprint density at radius 2 is 1.93 bits per heavy atom. The minimum Gasteiger partial charge on any atom is -0.508 e. The van der Waals surface area contributed by atoms with E-state index in [-0.39, 0.29) is 5.75 Å². The highest BCUT2D eigenvalue weighted by Crippen LogP contribution is 2.26. The maximum atomic E-state index is 9.28. The molecule has 0 aliphatic heterocycles. The fraction of sp³-hybridized carbons (Fsp3) is 0. The summed E-state index contributed by atoms with van der Waals surface area (Å²) >= 11 is 3.58. The summed E-state index contributed by atoms with van der Waals surface area (Å²) in [7, 11) is 0. The molecule has 0 saturated heterocycles. The zero-order valence-corrected chi connectivity index (χ0v) is 10.6. The van der Waals surface area contributed by atoms with Crippen LogP contribution in [0.25, 0.3) is 0 Å².